The standard InChI is InChI=1S/C26H41NO2/c1-18(28)21-9-10-22-20-8-7-19-17-26(29,12-6-16-27(4)5)15-14-24(19,2)23(20)11-13-25(21,22)3/h19-23,29H,7-11,13-17H2,1-5H3/t19-,20+,21-,22+,23+,24+,25-,26-/m1/s1. The summed E-state index contributed by atoms with van der Waals surface area (Å²) in [6, 6.07) is 0. The van der Waals surface area contributed by atoms with Gasteiger partial charge < -0.3 is 5.11 Å². The summed E-state index contributed by atoms with van der Waals surface area (Å²) in [6.45, 7) is 7.50. The van der Waals surface area contributed by atoms with E-state index < -0.39 is 5.60 Å². The van der Waals surface area contributed by atoms with Crippen LogP contribution < -0.4 is 0 Å². The summed E-state index contributed by atoms with van der Waals surface area (Å²) in [5, 5.41) is 11.2. The molecule has 0 heterocycles. The molecule has 0 aromatic carbocycles. The number of carbonyl (C=O) groups excluding carboxylic acids is 1. The molecular formula is C26H41NO2. The molecule has 4 saturated carbocycles. The molecule has 0 spiro atoms. The van der Waals surface area contributed by atoms with Crippen molar-refractivity contribution in [2.75, 3.05) is 20.6 Å². The van der Waals surface area contributed by atoms with E-state index in [9.17, 15) is 9.90 Å². The number of hydrogen-bond donors (Lipinski definition) is 1. The van der Waals surface area contributed by atoms with Crippen LogP contribution in [-0.4, -0.2) is 42.0 Å². The predicted molar refractivity (Wildman–Crippen MR) is 117 cm³/mol. The second kappa shape index (κ2) is 7.38. The maximum Gasteiger partial charge on any atom is 0.133 e. The summed E-state index contributed by atoms with van der Waals surface area (Å²) in [4.78, 5) is 14.4. The van der Waals surface area contributed by atoms with Crippen molar-refractivity contribution in [3.05, 3.63) is 0 Å². The van der Waals surface area contributed by atoms with Crippen LogP contribution in [0.25, 0.3) is 0 Å². The number of nitrogens with zero attached hydrogens (tertiary/aromatic N) is 1. The lowest BCUT2D eigenvalue weighted by atomic mass is 9.44. The average Bonchev–Trinajstić information content (AvgIpc) is 2.99. The summed E-state index contributed by atoms with van der Waals surface area (Å²) in [7, 11) is 4.04. The van der Waals surface area contributed by atoms with E-state index in [1.807, 2.05) is 21.0 Å². The van der Waals surface area contributed by atoms with Gasteiger partial charge in [0, 0.05) is 5.92 Å². The number of ketones is 1. The Labute approximate surface area is 178 Å². The molecule has 4 fully saturated rings. The zero-order valence-electron chi connectivity index (χ0n) is 19.3. The first-order chi connectivity index (χ1) is 13.6. The minimum Gasteiger partial charge on any atom is -0.378 e. The predicted octanol–water partition coefficient (Wildman–Crippen LogP) is 4.53. The van der Waals surface area contributed by atoms with Crippen LogP contribution in [0, 0.1) is 52.3 Å². The fourth-order valence-electron chi connectivity index (χ4n) is 8.39. The van der Waals surface area contributed by atoms with Crippen LogP contribution in [0.3, 0.4) is 0 Å². The van der Waals surface area contributed by atoms with Gasteiger partial charge in [-0.15, -0.1) is 0 Å². The van der Waals surface area contributed by atoms with Gasteiger partial charge in [-0.3, -0.25) is 9.69 Å². The third-order valence-electron chi connectivity index (χ3n) is 9.93. The summed E-state index contributed by atoms with van der Waals surface area (Å²) >= 11 is 0. The highest BCUT2D eigenvalue weighted by Gasteiger charge is 2.61. The van der Waals surface area contributed by atoms with Gasteiger partial charge in [-0.05, 0) is 113 Å². The Balaban J connectivity index is 1.52. The summed E-state index contributed by atoms with van der Waals surface area (Å²) in [5.74, 6) is 10.0. The number of rotatable bonds is 2. The van der Waals surface area contributed by atoms with Gasteiger partial charge in [0.2, 0.25) is 0 Å². The Morgan fingerprint density at radius 3 is 2.41 bits per heavy atom. The highest BCUT2D eigenvalue weighted by Crippen LogP contribution is 2.68. The summed E-state index contributed by atoms with van der Waals surface area (Å²) in [5.41, 5.74) is -0.208. The quantitative estimate of drug-likeness (QED) is 0.694. The monoisotopic (exact) mass is 399 g/mol. The Hall–Kier alpha value is -0.850. The van der Waals surface area contributed by atoms with E-state index in [-0.39, 0.29) is 5.41 Å². The van der Waals surface area contributed by atoms with E-state index in [0.717, 1.165) is 43.4 Å². The molecule has 0 radical (unpaired) electrons. The third kappa shape index (κ3) is 3.49. The molecule has 162 valence electrons. The minimum absolute atomic E-state index is 0.239. The molecule has 3 heteroatoms. The van der Waals surface area contributed by atoms with Crippen molar-refractivity contribution in [3.8, 4) is 11.8 Å². The van der Waals surface area contributed by atoms with E-state index >= 15 is 0 Å². The van der Waals surface area contributed by atoms with Gasteiger partial charge in [0.05, 0.1) is 6.54 Å². The molecule has 0 bridgehead atoms. The van der Waals surface area contributed by atoms with E-state index in [0.29, 0.717) is 29.6 Å². The zero-order chi connectivity index (χ0) is 21.0. The van der Waals surface area contributed by atoms with Crippen molar-refractivity contribution in [1.29, 1.82) is 0 Å². The van der Waals surface area contributed by atoms with Crippen molar-refractivity contribution in [2.24, 2.45) is 40.4 Å². The van der Waals surface area contributed by atoms with Crippen LogP contribution in [0.5, 0.6) is 0 Å². The Kier molecular flexibility index (Phi) is 5.44. The SMILES string of the molecule is CC(=O)[C@H]1CC[C@H]2[C@@H]3CC[C@@H]4C[C@@](O)(C#CCN(C)C)CC[C@]4(C)[C@H]3CC[C@]12C. The second-order valence-corrected chi connectivity index (χ2v) is 11.7. The molecule has 1 N–H and O–H groups in total. The highest BCUT2D eigenvalue weighted by atomic mass is 16.3. The van der Waals surface area contributed by atoms with Crippen LogP contribution in [0.15, 0.2) is 0 Å². The van der Waals surface area contributed by atoms with Crippen LogP contribution in [0.2, 0.25) is 0 Å². The Morgan fingerprint density at radius 1 is 1.00 bits per heavy atom. The molecule has 8 atom stereocenters. The van der Waals surface area contributed by atoms with Crippen LogP contribution in [0.1, 0.15) is 78.6 Å². The molecule has 0 aromatic heterocycles. The fourth-order valence-corrected chi connectivity index (χ4v) is 8.39. The van der Waals surface area contributed by atoms with E-state index in [2.05, 4.69) is 30.6 Å². The molecule has 4 aliphatic carbocycles. The topological polar surface area (TPSA) is 40.5 Å². The van der Waals surface area contributed by atoms with Crippen molar-refractivity contribution in [1.82, 2.24) is 4.90 Å². The van der Waals surface area contributed by atoms with Gasteiger partial charge in [0.1, 0.15) is 11.4 Å². The molecule has 0 aromatic rings. The summed E-state index contributed by atoms with van der Waals surface area (Å²) < 4.78 is 0. The number of carbonyl (C=O) groups is 1. The molecule has 0 aliphatic heterocycles. The number of Topliss-reactive ketones (excluding diaryl/α,β-unsaturated/α-hetero) is 1. The van der Waals surface area contributed by atoms with Gasteiger partial charge in [0.15, 0.2) is 0 Å². The van der Waals surface area contributed by atoms with Crippen molar-refractivity contribution < 1.29 is 9.90 Å². The highest BCUT2D eigenvalue weighted by molar-refractivity contribution is 5.79. The first-order valence-electron chi connectivity index (χ1n) is 12.0. The second-order valence-electron chi connectivity index (χ2n) is 11.7. The van der Waals surface area contributed by atoms with Crippen molar-refractivity contribution in [2.45, 2.75) is 84.2 Å². The number of hydrogen-bond acceptors (Lipinski definition) is 3. The largest absolute Gasteiger partial charge is 0.378 e. The molecular weight excluding hydrogens is 358 g/mol. The maximum absolute atomic E-state index is 12.3. The molecule has 0 saturated heterocycles. The molecule has 0 unspecified atom stereocenters. The van der Waals surface area contributed by atoms with Crippen LogP contribution in [-0.2, 0) is 4.79 Å². The lowest BCUT2D eigenvalue weighted by molar-refractivity contribution is -0.144. The van der Waals surface area contributed by atoms with E-state index in [1.54, 1.807) is 0 Å². The first kappa shape index (κ1) is 21.4. The van der Waals surface area contributed by atoms with Crippen molar-refractivity contribution in [3.63, 3.8) is 0 Å². The van der Waals surface area contributed by atoms with Gasteiger partial charge in [-0.25, -0.2) is 0 Å². The van der Waals surface area contributed by atoms with Gasteiger partial charge in [0.25, 0.3) is 0 Å². The average molecular weight is 400 g/mol. The van der Waals surface area contributed by atoms with Gasteiger partial charge in [-0.1, -0.05) is 25.7 Å². The van der Waals surface area contributed by atoms with Crippen molar-refractivity contribution >= 4 is 5.78 Å². The lowest BCUT2D eigenvalue weighted by Crippen LogP contribution is -2.56. The normalized spacial score (nSPS) is 48.9. The Morgan fingerprint density at radius 2 is 1.72 bits per heavy atom. The molecule has 0 amide bonds. The summed E-state index contributed by atoms with van der Waals surface area (Å²) in [6.07, 6.45) is 10.2. The fraction of sp³-hybridized carbons (Fsp3) is 0.885. The number of fused-ring (bicyclic) bond motifs is 5. The maximum atomic E-state index is 12.3. The van der Waals surface area contributed by atoms with Crippen LogP contribution >= 0.6 is 0 Å². The van der Waals surface area contributed by atoms with E-state index in [4.69, 9.17) is 0 Å². The lowest BCUT2D eigenvalue weighted by Gasteiger charge is -2.61. The van der Waals surface area contributed by atoms with Gasteiger partial charge >= 0.3 is 0 Å². The first-order valence-corrected chi connectivity index (χ1v) is 12.0. The van der Waals surface area contributed by atoms with Crippen LogP contribution in [0.4, 0.5) is 0 Å². The Bertz CT molecular complexity index is 720. The minimum atomic E-state index is -0.788. The molecule has 3 nitrogen and oxygen atoms in total. The smallest absolute Gasteiger partial charge is 0.133 e. The molecule has 29 heavy (non-hydrogen) atoms. The molecule has 4 aliphatic rings. The number of aliphatic hydroxyl groups is 1. The zero-order valence-corrected chi connectivity index (χ0v) is 19.3. The van der Waals surface area contributed by atoms with E-state index in [1.165, 1.54) is 32.1 Å². The third-order valence-corrected chi connectivity index (χ3v) is 9.93. The molecule has 4 rings (SSSR count). The van der Waals surface area contributed by atoms with Gasteiger partial charge in [-0.2, -0.15) is 0 Å².